The van der Waals surface area contributed by atoms with Gasteiger partial charge in [-0.05, 0) is 76.9 Å². The zero-order valence-electron chi connectivity index (χ0n) is 13.0. The van der Waals surface area contributed by atoms with Gasteiger partial charge in [-0.25, -0.2) is 0 Å². The predicted molar refractivity (Wildman–Crippen MR) is 94.0 cm³/mol. The Morgan fingerprint density at radius 2 is 1.41 bits per heavy atom. The first-order chi connectivity index (χ1) is 10.6. The Bertz CT molecular complexity index is 867. The predicted octanol–water partition coefficient (Wildman–Crippen LogP) is 5.12. The maximum absolute atomic E-state index is 5.99. The van der Waals surface area contributed by atoms with E-state index in [1.165, 1.54) is 44.5 Å². The molecule has 0 amide bonds. The summed E-state index contributed by atoms with van der Waals surface area (Å²) in [7, 11) is 0. The van der Waals surface area contributed by atoms with E-state index in [1.54, 1.807) is 0 Å². The SMILES string of the molecule is Cc1cc(N)cc(C)c1-c1cccc2c1Cc1ccccc1-2. The number of hydrogen-bond acceptors (Lipinski definition) is 1. The Hall–Kier alpha value is -2.54. The number of fused-ring (bicyclic) bond motifs is 3. The van der Waals surface area contributed by atoms with Crippen LogP contribution < -0.4 is 5.73 Å². The van der Waals surface area contributed by atoms with Gasteiger partial charge in [-0.1, -0.05) is 42.5 Å². The van der Waals surface area contributed by atoms with Crippen LogP contribution in [0, 0.1) is 13.8 Å². The van der Waals surface area contributed by atoms with Gasteiger partial charge in [0.1, 0.15) is 0 Å². The first-order valence-corrected chi connectivity index (χ1v) is 7.72. The summed E-state index contributed by atoms with van der Waals surface area (Å²) in [5, 5.41) is 0. The molecule has 1 heteroatoms. The fourth-order valence-corrected chi connectivity index (χ4v) is 3.81. The van der Waals surface area contributed by atoms with Gasteiger partial charge in [-0.3, -0.25) is 0 Å². The average molecular weight is 285 g/mol. The maximum Gasteiger partial charge on any atom is 0.0319 e. The molecule has 2 N–H and O–H groups in total. The number of benzene rings is 3. The molecule has 3 aromatic carbocycles. The van der Waals surface area contributed by atoms with Crippen molar-refractivity contribution in [3.05, 3.63) is 76.9 Å². The molecule has 0 unspecified atom stereocenters. The van der Waals surface area contributed by atoms with Crippen molar-refractivity contribution in [2.75, 3.05) is 5.73 Å². The molecule has 0 radical (unpaired) electrons. The first kappa shape index (κ1) is 13.1. The van der Waals surface area contributed by atoms with Crippen molar-refractivity contribution < 1.29 is 0 Å². The van der Waals surface area contributed by atoms with Gasteiger partial charge < -0.3 is 5.73 Å². The molecular formula is C21H19N. The molecule has 0 aliphatic heterocycles. The second-order valence-electron chi connectivity index (χ2n) is 6.20. The number of anilines is 1. The lowest BCUT2D eigenvalue weighted by molar-refractivity contribution is 1.25. The van der Waals surface area contributed by atoms with Gasteiger partial charge in [0.15, 0.2) is 0 Å². The Kier molecular flexibility index (Phi) is 2.83. The van der Waals surface area contributed by atoms with Crippen LogP contribution in [0.4, 0.5) is 5.69 Å². The van der Waals surface area contributed by atoms with Crippen LogP contribution in [0.5, 0.6) is 0 Å². The molecule has 1 aliphatic rings. The van der Waals surface area contributed by atoms with Crippen LogP contribution in [-0.2, 0) is 6.42 Å². The Morgan fingerprint density at radius 1 is 0.773 bits per heavy atom. The summed E-state index contributed by atoms with van der Waals surface area (Å²) >= 11 is 0. The van der Waals surface area contributed by atoms with Crippen LogP contribution in [0.25, 0.3) is 22.3 Å². The molecule has 3 aromatic rings. The summed E-state index contributed by atoms with van der Waals surface area (Å²) in [6, 6.07) is 19.5. The van der Waals surface area contributed by atoms with Gasteiger partial charge in [0, 0.05) is 5.69 Å². The number of aryl methyl sites for hydroxylation is 2. The van der Waals surface area contributed by atoms with Gasteiger partial charge in [0.2, 0.25) is 0 Å². The van der Waals surface area contributed by atoms with Crippen LogP contribution in [-0.4, -0.2) is 0 Å². The zero-order chi connectivity index (χ0) is 15.3. The van der Waals surface area contributed by atoms with Crippen molar-refractivity contribution in [2.45, 2.75) is 20.3 Å². The Balaban J connectivity index is 1.98. The molecule has 4 rings (SSSR count). The molecule has 108 valence electrons. The molecular weight excluding hydrogens is 266 g/mol. The normalized spacial score (nSPS) is 12.1. The number of hydrogen-bond donors (Lipinski definition) is 1. The van der Waals surface area contributed by atoms with E-state index in [1.807, 2.05) is 0 Å². The largest absolute Gasteiger partial charge is 0.399 e. The number of nitrogen functional groups attached to an aromatic ring is 1. The quantitative estimate of drug-likeness (QED) is 0.482. The summed E-state index contributed by atoms with van der Waals surface area (Å²) in [6.45, 7) is 4.31. The van der Waals surface area contributed by atoms with Gasteiger partial charge in [0.05, 0.1) is 0 Å². The molecule has 0 bridgehead atoms. The zero-order valence-corrected chi connectivity index (χ0v) is 13.0. The van der Waals surface area contributed by atoms with E-state index in [-0.39, 0.29) is 0 Å². The van der Waals surface area contributed by atoms with E-state index in [9.17, 15) is 0 Å². The lowest BCUT2D eigenvalue weighted by atomic mass is 9.90. The lowest BCUT2D eigenvalue weighted by Gasteiger charge is -2.15. The summed E-state index contributed by atoms with van der Waals surface area (Å²) in [5.41, 5.74) is 17.6. The molecule has 22 heavy (non-hydrogen) atoms. The highest BCUT2D eigenvalue weighted by molar-refractivity contribution is 5.86. The van der Waals surface area contributed by atoms with Gasteiger partial charge in [-0.15, -0.1) is 0 Å². The topological polar surface area (TPSA) is 26.0 Å². The maximum atomic E-state index is 5.99. The summed E-state index contributed by atoms with van der Waals surface area (Å²) in [4.78, 5) is 0. The van der Waals surface area contributed by atoms with E-state index in [0.29, 0.717) is 0 Å². The number of rotatable bonds is 1. The molecule has 0 heterocycles. The van der Waals surface area contributed by atoms with Crippen molar-refractivity contribution in [2.24, 2.45) is 0 Å². The molecule has 0 fully saturated rings. The van der Waals surface area contributed by atoms with Crippen LogP contribution >= 0.6 is 0 Å². The smallest absolute Gasteiger partial charge is 0.0319 e. The van der Waals surface area contributed by atoms with Crippen molar-refractivity contribution in [1.82, 2.24) is 0 Å². The Morgan fingerprint density at radius 3 is 2.18 bits per heavy atom. The van der Waals surface area contributed by atoms with Crippen LogP contribution in [0.3, 0.4) is 0 Å². The van der Waals surface area contributed by atoms with Crippen molar-refractivity contribution >= 4 is 5.69 Å². The standard InChI is InChI=1S/C21H19N/c1-13-10-16(22)11-14(2)21(13)19-9-5-8-18-17-7-4-3-6-15(17)12-20(18)19/h3-11H,12,22H2,1-2H3. The summed E-state index contributed by atoms with van der Waals surface area (Å²) in [5.74, 6) is 0. The van der Waals surface area contributed by atoms with Crippen molar-refractivity contribution in [3.63, 3.8) is 0 Å². The van der Waals surface area contributed by atoms with E-state index in [4.69, 9.17) is 5.73 Å². The van der Waals surface area contributed by atoms with Gasteiger partial charge in [0.25, 0.3) is 0 Å². The molecule has 1 nitrogen and oxygen atoms in total. The molecule has 0 saturated carbocycles. The van der Waals surface area contributed by atoms with Crippen molar-refractivity contribution in [1.29, 1.82) is 0 Å². The third kappa shape index (κ3) is 1.86. The third-order valence-electron chi connectivity index (χ3n) is 4.68. The second kappa shape index (κ2) is 4.74. The van der Waals surface area contributed by atoms with Gasteiger partial charge in [-0.2, -0.15) is 0 Å². The van der Waals surface area contributed by atoms with Crippen molar-refractivity contribution in [3.8, 4) is 22.3 Å². The minimum atomic E-state index is 0.842. The number of nitrogens with two attached hydrogens (primary N) is 1. The van der Waals surface area contributed by atoms with E-state index >= 15 is 0 Å². The molecule has 0 saturated heterocycles. The van der Waals surface area contributed by atoms with Crippen LogP contribution in [0.1, 0.15) is 22.3 Å². The van der Waals surface area contributed by atoms with E-state index < -0.39 is 0 Å². The second-order valence-corrected chi connectivity index (χ2v) is 6.20. The molecule has 0 atom stereocenters. The third-order valence-corrected chi connectivity index (χ3v) is 4.68. The molecule has 1 aliphatic carbocycles. The fraction of sp³-hybridized carbons (Fsp3) is 0.143. The summed E-state index contributed by atoms with van der Waals surface area (Å²) < 4.78 is 0. The monoisotopic (exact) mass is 285 g/mol. The average Bonchev–Trinajstić information content (AvgIpc) is 2.86. The first-order valence-electron chi connectivity index (χ1n) is 7.72. The molecule has 0 aromatic heterocycles. The summed E-state index contributed by atoms with van der Waals surface area (Å²) in [6.07, 6.45) is 1.02. The van der Waals surface area contributed by atoms with Gasteiger partial charge >= 0.3 is 0 Å². The van der Waals surface area contributed by atoms with Crippen LogP contribution in [0.2, 0.25) is 0 Å². The highest BCUT2D eigenvalue weighted by Crippen LogP contribution is 2.43. The van der Waals surface area contributed by atoms with E-state index in [2.05, 4.69) is 68.4 Å². The Labute approximate surface area is 131 Å². The van der Waals surface area contributed by atoms with E-state index in [0.717, 1.165) is 12.1 Å². The molecule has 0 spiro atoms. The fourth-order valence-electron chi connectivity index (χ4n) is 3.81. The highest BCUT2D eigenvalue weighted by Gasteiger charge is 2.22. The minimum absolute atomic E-state index is 0.842. The minimum Gasteiger partial charge on any atom is -0.399 e. The highest BCUT2D eigenvalue weighted by atomic mass is 14.5. The lowest BCUT2D eigenvalue weighted by Crippen LogP contribution is -1.96. The van der Waals surface area contributed by atoms with Crippen LogP contribution in [0.15, 0.2) is 54.6 Å².